The molecule has 0 saturated carbocycles. The van der Waals surface area contributed by atoms with Gasteiger partial charge >= 0.3 is 0 Å². The number of nitrogens with zero attached hydrogens (tertiary/aromatic N) is 3. The standard InChI is InChI=1S/C18H22N4O4S/c1-22(14-9-10-27(24,25)12-14)17-8-7-16(20-21-17)18(23)19-11-13-3-5-15(26-2)6-4-13/h3-8,14H,9-12H2,1-2H3,(H,19,23). The van der Waals surface area contributed by atoms with Crippen LogP contribution in [0.1, 0.15) is 22.5 Å². The molecule has 1 N–H and O–H groups in total. The molecular formula is C18H22N4O4S. The first kappa shape index (κ1) is 19.1. The molecule has 2 aromatic rings. The molecule has 1 aromatic carbocycles. The van der Waals surface area contributed by atoms with Gasteiger partial charge in [-0.25, -0.2) is 8.42 Å². The fraction of sp³-hybridized carbons (Fsp3) is 0.389. The Morgan fingerprint density at radius 3 is 2.52 bits per heavy atom. The van der Waals surface area contributed by atoms with Gasteiger partial charge in [-0.1, -0.05) is 12.1 Å². The maximum absolute atomic E-state index is 12.2. The van der Waals surface area contributed by atoms with Crippen LogP contribution in [0.15, 0.2) is 36.4 Å². The maximum Gasteiger partial charge on any atom is 0.272 e. The Morgan fingerprint density at radius 2 is 1.96 bits per heavy atom. The van der Waals surface area contributed by atoms with Crippen molar-refractivity contribution in [2.75, 3.05) is 30.6 Å². The van der Waals surface area contributed by atoms with Crippen LogP contribution in [-0.2, 0) is 16.4 Å². The van der Waals surface area contributed by atoms with Crippen molar-refractivity contribution in [3.8, 4) is 5.75 Å². The summed E-state index contributed by atoms with van der Waals surface area (Å²) in [6, 6.07) is 10.6. The number of amides is 1. The number of anilines is 1. The van der Waals surface area contributed by atoms with Crippen molar-refractivity contribution in [1.82, 2.24) is 15.5 Å². The molecule has 1 atom stereocenters. The Morgan fingerprint density at radius 1 is 1.22 bits per heavy atom. The summed E-state index contributed by atoms with van der Waals surface area (Å²) in [6.45, 7) is 0.367. The van der Waals surface area contributed by atoms with Crippen LogP contribution in [0.5, 0.6) is 5.75 Å². The van der Waals surface area contributed by atoms with Gasteiger partial charge in [0.2, 0.25) is 0 Å². The molecule has 27 heavy (non-hydrogen) atoms. The molecule has 1 aliphatic rings. The van der Waals surface area contributed by atoms with Crippen molar-refractivity contribution in [3.63, 3.8) is 0 Å². The van der Waals surface area contributed by atoms with Crippen LogP contribution in [0, 0.1) is 0 Å². The SMILES string of the molecule is COc1ccc(CNC(=O)c2ccc(N(C)C3CCS(=O)(=O)C3)nn2)cc1. The molecule has 1 fully saturated rings. The first-order chi connectivity index (χ1) is 12.9. The smallest absolute Gasteiger partial charge is 0.272 e. The van der Waals surface area contributed by atoms with Crippen LogP contribution < -0.4 is 15.0 Å². The summed E-state index contributed by atoms with van der Waals surface area (Å²) in [5.74, 6) is 1.29. The molecule has 0 bridgehead atoms. The normalized spacial score (nSPS) is 18.1. The monoisotopic (exact) mass is 390 g/mol. The van der Waals surface area contributed by atoms with Crippen LogP contribution >= 0.6 is 0 Å². The van der Waals surface area contributed by atoms with E-state index in [0.29, 0.717) is 18.8 Å². The van der Waals surface area contributed by atoms with Crippen LogP contribution in [-0.4, -0.2) is 56.2 Å². The fourth-order valence-electron chi connectivity index (χ4n) is 2.92. The number of carbonyl (C=O) groups is 1. The molecule has 1 aromatic heterocycles. The lowest BCUT2D eigenvalue weighted by atomic mass is 10.2. The molecule has 9 heteroatoms. The summed E-state index contributed by atoms with van der Waals surface area (Å²) in [5, 5.41) is 10.8. The van der Waals surface area contributed by atoms with Gasteiger partial charge in [-0.15, -0.1) is 10.2 Å². The average molecular weight is 390 g/mol. The van der Waals surface area contributed by atoms with Crippen LogP contribution in [0.4, 0.5) is 5.82 Å². The van der Waals surface area contributed by atoms with Gasteiger partial charge in [0.1, 0.15) is 5.75 Å². The van der Waals surface area contributed by atoms with Gasteiger partial charge in [0.15, 0.2) is 21.3 Å². The Hall–Kier alpha value is -2.68. The number of ether oxygens (including phenoxy) is 1. The number of sulfone groups is 1. The second kappa shape index (κ2) is 7.91. The van der Waals surface area contributed by atoms with E-state index in [0.717, 1.165) is 11.3 Å². The average Bonchev–Trinajstić information content (AvgIpc) is 3.05. The van der Waals surface area contributed by atoms with E-state index in [9.17, 15) is 13.2 Å². The summed E-state index contributed by atoms with van der Waals surface area (Å²) in [6.07, 6.45) is 0.574. The number of carbonyl (C=O) groups excluding carboxylic acids is 1. The minimum absolute atomic E-state index is 0.112. The van der Waals surface area contributed by atoms with Crippen molar-refractivity contribution in [2.24, 2.45) is 0 Å². The number of hydrogen-bond donors (Lipinski definition) is 1. The zero-order valence-corrected chi connectivity index (χ0v) is 16.1. The van der Waals surface area contributed by atoms with Gasteiger partial charge in [0.25, 0.3) is 5.91 Å². The Labute approximate surface area is 158 Å². The van der Waals surface area contributed by atoms with Gasteiger partial charge in [-0.3, -0.25) is 4.79 Å². The van der Waals surface area contributed by atoms with Gasteiger partial charge in [-0.05, 0) is 36.2 Å². The molecule has 2 heterocycles. The molecule has 3 rings (SSSR count). The minimum Gasteiger partial charge on any atom is -0.497 e. The van der Waals surface area contributed by atoms with Crippen LogP contribution in [0.3, 0.4) is 0 Å². The van der Waals surface area contributed by atoms with Crippen LogP contribution in [0.2, 0.25) is 0 Å². The molecule has 1 saturated heterocycles. The third-order valence-corrected chi connectivity index (χ3v) is 6.36. The topological polar surface area (TPSA) is 101 Å². The third kappa shape index (κ3) is 4.73. The van der Waals surface area contributed by atoms with Crippen LogP contribution in [0.25, 0.3) is 0 Å². The van der Waals surface area contributed by atoms with E-state index in [2.05, 4.69) is 15.5 Å². The van der Waals surface area contributed by atoms with E-state index in [4.69, 9.17) is 4.74 Å². The molecule has 1 amide bonds. The molecule has 0 spiro atoms. The molecule has 0 radical (unpaired) electrons. The van der Waals surface area contributed by atoms with Crippen molar-refractivity contribution < 1.29 is 17.9 Å². The highest BCUT2D eigenvalue weighted by molar-refractivity contribution is 7.91. The molecule has 1 unspecified atom stereocenters. The Balaban J connectivity index is 1.58. The highest BCUT2D eigenvalue weighted by Crippen LogP contribution is 2.21. The highest BCUT2D eigenvalue weighted by atomic mass is 32.2. The number of rotatable bonds is 6. The summed E-state index contributed by atoms with van der Waals surface area (Å²) in [4.78, 5) is 14.0. The number of aromatic nitrogens is 2. The zero-order chi connectivity index (χ0) is 19.4. The lowest BCUT2D eigenvalue weighted by Gasteiger charge is -2.23. The van der Waals surface area contributed by atoms with Crippen molar-refractivity contribution in [3.05, 3.63) is 47.7 Å². The van der Waals surface area contributed by atoms with Crippen molar-refractivity contribution in [2.45, 2.75) is 19.0 Å². The highest BCUT2D eigenvalue weighted by Gasteiger charge is 2.31. The van der Waals surface area contributed by atoms with E-state index in [1.165, 1.54) is 0 Å². The molecule has 0 aliphatic carbocycles. The number of nitrogens with one attached hydrogen (secondary N) is 1. The molecular weight excluding hydrogens is 368 g/mol. The van der Waals surface area contributed by atoms with E-state index < -0.39 is 9.84 Å². The first-order valence-corrected chi connectivity index (χ1v) is 10.4. The Kier molecular flexibility index (Phi) is 5.59. The summed E-state index contributed by atoms with van der Waals surface area (Å²) >= 11 is 0. The predicted molar refractivity (Wildman–Crippen MR) is 102 cm³/mol. The molecule has 8 nitrogen and oxygen atoms in total. The summed E-state index contributed by atoms with van der Waals surface area (Å²) in [5.41, 5.74) is 1.15. The van der Waals surface area contributed by atoms with Crippen molar-refractivity contribution >= 4 is 21.6 Å². The fourth-order valence-corrected chi connectivity index (χ4v) is 4.69. The quantitative estimate of drug-likeness (QED) is 0.786. The maximum atomic E-state index is 12.2. The van der Waals surface area contributed by atoms with Gasteiger partial charge < -0.3 is 15.0 Å². The Bertz CT molecular complexity index is 898. The predicted octanol–water partition coefficient (Wildman–Crippen LogP) is 1.04. The van der Waals surface area contributed by atoms with Gasteiger partial charge in [-0.2, -0.15) is 0 Å². The third-order valence-electron chi connectivity index (χ3n) is 4.61. The number of hydrogen-bond acceptors (Lipinski definition) is 7. The van der Waals surface area contributed by atoms with E-state index in [-0.39, 0.29) is 29.1 Å². The lowest BCUT2D eigenvalue weighted by Crippen LogP contribution is -2.33. The summed E-state index contributed by atoms with van der Waals surface area (Å²) < 4.78 is 28.3. The van der Waals surface area contributed by atoms with Gasteiger partial charge in [0.05, 0.1) is 18.6 Å². The van der Waals surface area contributed by atoms with E-state index in [1.807, 2.05) is 24.3 Å². The number of methoxy groups -OCH3 is 1. The van der Waals surface area contributed by atoms with Crippen molar-refractivity contribution in [1.29, 1.82) is 0 Å². The number of benzene rings is 1. The second-order valence-corrected chi connectivity index (χ2v) is 8.70. The zero-order valence-electron chi connectivity index (χ0n) is 15.3. The van der Waals surface area contributed by atoms with Gasteiger partial charge in [0, 0.05) is 19.6 Å². The molecule has 144 valence electrons. The van der Waals surface area contributed by atoms with E-state index in [1.54, 1.807) is 31.2 Å². The minimum atomic E-state index is -2.97. The second-order valence-electron chi connectivity index (χ2n) is 6.48. The summed E-state index contributed by atoms with van der Waals surface area (Å²) in [7, 11) is 0.420. The first-order valence-electron chi connectivity index (χ1n) is 8.56. The largest absolute Gasteiger partial charge is 0.497 e. The van der Waals surface area contributed by atoms with E-state index >= 15 is 0 Å². The lowest BCUT2D eigenvalue weighted by molar-refractivity contribution is 0.0945. The molecule has 1 aliphatic heterocycles.